The van der Waals surface area contributed by atoms with Crippen LogP contribution in [0.4, 0.5) is 13.2 Å². The third-order valence-corrected chi connectivity index (χ3v) is 9.12. The van der Waals surface area contributed by atoms with Gasteiger partial charge in [-0.1, -0.05) is 48.5 Å². The van der Waals surface area contributed by atoms with Gasteiger partial charge in [0.05, 0.1) is 42.0 Å². The number of para-hydroxylation sites is 1. The van der Waals surface area contributed by atoms with E-state index in [0.717, 1.165) is 41.5 Å². The summed E-state index contributed by atoms with van der Waals surface area (Å²) in [5, 5.41) is 12.3. The van der Waals surface area contributed by atoms with Crippen LogP contribution in [0, 0.1) is 0 Å². The molecule has 230 valence electrons. The molecule has 0 radical (unpaired) electrons. The topological polar surface area (TPSA) is 106 Å². The summed E-state index contributed by atoms with van der Waals surface area (Å²) >= 11 is 1.67. The minimum absolute atomic E-state index is 0.0738. The molecular formula is C31H31F3N6O3S. The Morgan fingerprint density at radius 3 is 2.50 bits per heavy atom. The van der Waals surface area contributed by atoms with E-state index in [1.807, 2.05) is 30.3 Å². The number of rotatable bonds is 10. The van der Waals surface area contributed by atoms with Crippen molar-refractivity contribution in [2.75, 3.05) is 13.1 Å². The number of carbonyl (C=O) groups is 1. The summed E-state index contributed by atoms with van der Waals surface area (Å²) in [6.45, 7) is 1.32. The zero-order valence-electron chi connectivity index (χ0n) is 23.8. The van der Waals surface area contributed by atoms with E-state index in [1.54, 1.807) is 21.2 Å². The summed E-state index contributed by atoms with van der Waals surface area (Å²) in [7, 11) is 0. The molecule has 0 bridgehead atoms. The van der Waals surface area contributed by atoms with Crippen molar-refractivity contribution in [1.82, 2.24) is 30.0 Å². The Hall–Kier alpha value is -3.97. The molecule has 6 rings (SSSR count). The molecule has 2 aromatic carbocycles. The maximum absolute atomic E-state index is 13.8. The number of thioether (sulfide) groups is 1. The van der Waals surface area contributed by atoms with Crippen molar-refractivity contribution in [2.24, 2.45) is 0 Å². The van der Waals surface area contributed by atoms with Gasteiger partial charge in [0.25, 0.3) is 5.56 Å². The van der Waals surface area contributed by atoms with Crippen LogP contribution in [-0.2, 0) is 36.9 Å². The first-order valence-electron chi connectivity index (χ1n) is 14.6. The number of alkyl halides is 3. The van der Waals surface area contributed by atoms with Crippen molar-refractivity contribution in [3.8, 4) is 5.69 Å². The SMILES string of the molecule is O=C(CCNCc1nnc(Cc2ccc(C(F)(F)F)cc2)o1)N1CCc2nc(SC3CCC3)n(-c3ccccc3)c(=O)c2C1. The van der Waals surface area contributed by atoms with E-state index < -0.39 is 11.7 Å². The number of nitrogens with zero attached hydrogens (tertiary/aromatic N) is 5. The maximum atomic E-state index is 13.8. The average molecular weight is 625 g/mol. The lowest BCUT2D eigenvalue weighted by Crippen LogP contribution is -2.42. The number of carbonyl (C=O) groups excluding carboxylic acids is 1. The van der Waals surface area contributed by atoms with Crippen molar-refractivity contribution in [2.45, 2.75) is 68.2 Å². The predicted molar refractivity (Wildman–Crippen MR) is 157 cm³/mol. The summed E-state index contributed by atoms with van der Waals surface area (Å²) in [6.07, 6.45) is 0.0196. The average Bonchev–Trinajstić information content (AvgIpc) is 3.44. The van der Waals surface area contributed by atoms with Crippen LogP contribution in [0.2, 0.25) is 0 Å². The number of hydrogen-bond donors (Lipinski definition) is 1. The molecule has 1 saturated carbocycles. The molecule has 9 nitrogen and oxygen atoms in total. The van der Waals surface area contributed by atoms with Gasteiger partial charge < -0.3 is 14.6 Å². The van der Waals surface area contributed by atoms with Crippen LogP contribution in [0.5, 0.6) is 0 Å². The largest absolute Gasteiger partial charge is 0.424 e. The van der Waals surface area contributed by atoms with E-state index >= 15 is 0 Å². The minimum Gasteiger partial charge on any atom is -0.424 e. The fraction of sp³-hybridized carbons (Fsp3) is 0.387. The van der Waals surface area contributed by atoms with Gasteiger partial charge in [-0.2, -0.15) is 13.2 Å². The smallest absolute Gasteiger partial charge is 0.416 e. The lowest BCUT2D eigenvalue weighted by molar-refractivity contribution is -0.137. The van der Waals surface area contributed by atoms with Gasteiger partial charge in [-0.05, 0) is 42.7 Å². The number of amides is 1. The molecule has 1 amide bonds. The van der Waals surface area contributed by atoms with E-state index in [1.165, 1.54) is 18.6 Å². The summed E-state index contributed by atoms with van der Waals surface area (Å²) in [4.78, 5) is 33.5. The highest BCUT2D eigenvalue weighted by Crippen LogP contribution is 2.36. The minimum atomic E-state index is -4.39. The summed E-state index contributed by atoms with van der Waals surface area (Å²) in [6, 6.07) is 14.3. The Kier molecular flexibility index (Phi) is 8.85. The fourth-order valence-electron chi connectivity index (χ4n) is 5.16. The Balaban J connectivity index is 1.03. The molecule has 2 aliphatic rings. The first-order valence-corrected chi connectivity index (χ1v) is 15.5. The Labute approximate surface area is 255 Å². The van der Waals surface area contributed by atoms with E-state index in [-0.39, 0.29) is 43.3 Å². The third kappa shape index (κ3) is 6.88. The van der Waals surface area contributed by atoms with Crippen LogP contribution in [0.3, 0.4) is 0 Å². The van der Waals surface area contributed by atoms with Gasteiger partial charge in [-0.25, -0.2) is 4.98 Å². The zero-order chi connectivity index (χ0) is 30.7. The van der Waals surface area contributed by atoms with Crippen molar-refractivity contribution < 1.29 is 22.4 Å². The number of fused-ring (bicyclic) bond motifs is 1. The van der Waals surface area contributed by atoms with Crippen molar-refractivity contribution in [3.63, 3.8) is 0 Å². The number of aromatic nitrogens is 4. The molecule has 0 saturated heterocycles. The normalized spacial score (nSPS) is 15.2. The van der Waals surface area contributed by atoms with Gasteiger partial charge in [0.2, 0.25) is 17.7 Å². The van der Waals surface area contributed by atoms with Crippen LogP contribution >= 0.6 is 11.8 Å². The molecule has 13 heteroatoms. The zero-order valence-corrected chi connectivity index (χ0v) is 24.7. The third-order valence-electron chi connectivity index (χ3n) is 7.83. The summed E-state index contributed by atoms with van der Waals surface area (Å²) in [5.41, 5.74) is 1.88. The molecular weight excluding hydrogens is 593 g/mol. The number of benzene rings is 2. The van der Waals surface area contributed by atoms with Gasteiger partial charge >= 0.3 is 6.18 Å². The highest BCUT2D eigenvalue weighted by atomic mass is 32.2. The monoisotopic (exact) mass is 624 g/mol. The molecule has 2 aromatic heterocycles. The molecule has 4 aromatic rings. The molecule has 1 aliphatic carbocycles. The van der Waals surface area contributed by atoms with E-state index in [4.69, 9.17) is 9.40 Å². The quantitative estimate of drug-likeness (QED) is 0.196. The molecule has 3 heterocycles. The van der Waals surface area contributed by atoms with Crippen molar-refractivity contribution >= 4 is 17.7 Å². The second-order valence-corrected chi connectivity index (χ2v) is 12.2. The van der Waals surface area contributed by atoms with Crippen LogP contribution < -0.4 is 10.9 Å². The van der Waals surface area contributed by atoms with Crippen molar-refractivity contribution in [3.05, 3.63) is 99.1 Å². The number of halogens is 3. The highest BCUT2D eigenvalue weighted by molar-refractivity contribution is 7.99. The first kappa shape index (κ1) is 30.1. The Morgan fingerprint density at radius 1 is 1.05 bits per heavy atom. The van der Waals surface area contributed by atoms with Crippen LogP contribution in [0.1, 0.15) is 59.8 Å². The Morgan fingerprint density at radius 2 is 1.80 bits per heavy atom. The standard InChI is InChI=1S/C31H31F3N6O3S/c32-31(33,34)21-11-9-20(10-12-21)17-26-37-38-27(43-26)18-35-15-13-28(41)39-16-14-25-24(19-39)29(42)40(22-5-2-1-3-6-22)30(36-25)44-23-7-4-8-23/h1-3,5-6,9-12,23,35H,4,7-8,13-19H2. The second kappa shape index (κ2) is 12.9. The first-order chi connectivity index (χ1) is 21.2. The van der Waals surface area contributed by atoms with Crippen LogP contribution in [0.25, 0.3) is 5.69 Å². The molecule has 0 spiro atoms. The number of nitrogens with one attached hydrogen (secondary N) is 1. The Bertz CT molecular complexity index is 1670. The van der Waals surface area contributed by atoms with Crippen molar-refractivity contribution in [1.29, 1.82) is 0 Å². The molecule has 0 unspecified atom stereocenters. The molecule has 1 fully saturated rings. The van der Waals surface area contributed by atoms with Crippen LogP contribution in [0.15, 0.2) is 69.0 Å². The van der Waals surface area contributed by atoms with Gasteiger partial charge in [-0.3, -0.25) is 14.2 Å². The van der Waals surface area contributed by atoms with Gasteiger partial charge in [0.1, 0.15) is 0 Å². The molecule has 1 aliphatic heterocycles. The highest BCUT2D eigenvalue weighted by Gasteiger charge is 2.30. The van der Waals surface area contributed by atoms with E-state index in [0.29, 0.717) is 41.8 Å². The second-order valence-electron chi connectivity index (χ2n) is 10.9. The van der Waals surface area contributed by atoms with Gasteiger partial charge in [0.15, 0.2) is 5.16 Å². The molecule has 0 atom stereocenters. The molecule has 1 N–H and O–H groups in total. The summed E-state index contributed by atoms with van der Waals surface area (Å²) < 4.78 is 45.6. The number of hydrogen-bond acceptors (Lipinski definition) is 8. The van der Waals surface area contributed by atoms with Gasteiger partial charge in [-0.15, -0.1) is 10.2 Å². The predicted octanol–water partition coefficient (Wildman–Crippen LogP) is 4.93. The maximum Gasteiger partial charge on any atom is 0.416 e. The fourth-order valence-corrected chi connectivity index (χ4v) is 6.48. The van der Waals surface area contributed by atoms with Gasteiger partial charge in [0, 0.05) is 31.2 Å². The lowest BCUT2D eigenvalue weighted by atomic mass is 10.0. The summed E-state index contributed by atoms with van der Waals surface area (Å²) in [5.74, 6) is 0.526. The van der Waals surface area contributed by atoms with Crippen LogP contribution in [-0.4, -0.2) is 48.9 Å². The van der Waals surface area contributed by atoms with E-state index in [9.17, 15) is 22.8 Å². The molecule has 44 heavy (non-hydrogen) atoms. The van der Waals surface area contributed by atoms with E-state index in [2.05, 4.69) is 15.5 Å². The lowest BCUT2D eigenvalue weighted by Gasteiger charge is -2.30.